The highest BCUT2D eigenvalue weighted by atomic mass is 16.1. The molecule has 0 saturated heterocycles. The summed E-state index contributed by atoms with van der Waals surface area (Å²) in [4.78, 5) is 15.6. The van der Waals surface area contributed by atoms with Crippen molar-refractivity contribution in [3.05, 3.63) is 60.4 Å². The van der Waals surface area contributed by atoms with Gasteiger partial charge in [0.2, 0.25) is 5.91 Å². The van der Waals surface area contributed by atoms with E-state index in [0.29, 0.717) is 19.5 Å². The highest BCUT2D eigenvalue weighted by Crippen LogP contribution is 2.04. The zero-order valence-electron chi connectivity index (χ0n) is 10.7. The SMILES string of the molecule is O=C(CCNc1ccccc1)NCc1ccncc1. The fourth-order valence-electron chi connectivity index (χ4n) is 1.67. The molecular formula is C15H17N3O. The highest BCUT2D eigenvalue weighted by Gasteiger charge is 2.00. The van der Waals surface area contributed by atoms with Gasteiger partial charge in [-0.05, 0) is 29.8 Å². The Morgan fingerprint density at radius 3 is 2.53 bits per heavy atom. The molecule has 0 bridgehead atoms. The number of benzene rings is 1. The van der Waals surface area contributed by atoms with E-state index in [9.17, 15) is 4.79 Å². The molecule has 2 rings (SSSR count). The number of nitrogens with one attached hydrogen (secondary N) is 2. The molecule has 0 aliphatic heterocycles. The standard InChI is InChI=1S/C15H17N3O/c19-15(18-12-13-6-9-16-10-7-13)8-11-17-14-4-2-1-3-5-14/h1-7,9-10,17H,8,11-12H2,(H,18,19). The van der Waals surface area contributed by atoms with Crippen molar-refractivity contribution in [1.82, 2.24) is 10.3 Å². The Bertz CT molecular complexity index is 499. The summed E-state index contributed by atoms with van der Waals surface area (Å²) in [5, 5.41) is 6.08. The summed E-state index contributed by atoms with van der Waals surface area (Å²) in [6.07, 6.45) is 3.90. The summed E-state index contributed by atoms with van der Waals surface area (Å²) < 4.78 is 0. The Morgan fingerprint density at radius 2 is 1.79 bits per heavy atom. The van der Waals surface area contributed by atoms with E-state index in [-0.39, 0.29) is 5.91 Å². The topological polar surface area (TPSA) is 54.0 Å². The summed E-state index contributed by atoms with van der Waals surface area (Å²) >= 11 is 0. The lowest BCUT2D eigenvalue weighted by Crippen LogP contribution is -2.24. The lowest BCUT2D eigenvalue weighted by molar-refractivity contribution is -0.121. The molecule has 1 amide bonds. The number of rotatable bonds is 6. The first-order chi connectivity index (χ1) is 9.34. The van der Waals surface area contributed by atoms with Gasteiger partial charge < -0.3 is 10.6 Å². The third-order valence-electron chi connectivity index (χ3n) is 2.69. The van der Waals surface area contributed by atoms with Gasteiger partial charge in [0.25, 0.3) is 0 Å². The largest absolute Gasteiger partial charge is 0.385 e. The predicted molar refractivity (Wildman–Crippen MR) is 75.6 cm³/mol. The van der Waals surface area contributed by atoms with Crippen LogP contribution in [0.1, 0.15) is 12.0 Å². The van der Waals surface area contributed by atoms with E-state index in [4.69, 9.17) is 0 Å². The lowest BCUT2D eigenvalue weighted by Gasteiger charge is -2.07. The maximum Gasteiger partial charge on any atom is 0.222 e. The molecule has 4 nitrogen and oxygen atoms in total. The van der Waals surface area contributed by atoms with Gasteiger partial charge in [0.05, 0.1) is 0 Å². The minimum atomic E-state index is 0.0419. The second-order valence-electron chi connectivity index (χ2n) is 4.17. The van der Waals surface area contributed by atoms with E-state index in [1.165, 1.54) is 0 Å². The smallest absolute Gasteiger partial charge is 0.222 e. The van der Waals surface area contributed by atoms with Crippen LogP contribution in [0.3, 0.4) is 0 Å². The molecule has 0 atom stereocenters. The van der Waals surface area contributed by atoms with Gasteiger partial charge in [0.1, 0.15) is 0 Å². The number of pyridine rings is 1. The fourth-order valence-corrected chi connectivity index (χ4v) is 1.67. The average molecular weight is 255 g/mol. The van der Waals surface area contributed by atoms with Gasteiger partial charge in [-0.1, -0.05) is 18.2 Å². The average Bonchev–Trinajstić information content (AvgIpc) is 2.47. The third-order valence-corrected chi connectivity index (χ3v) is 2.69. The number of para-hydroxylation sites is 1. The molecule has 0 fully saturated rings. The van der Waals surface area contributed by atoms with Crippen LogP contribution in [0.15, 0.2) is 54.9 Å². The number of nitrogens with zero attached hydrogens (tertiary/aromatic N) is 1. The maximum atomic E-state index is 11.6. The van der Waals surface area contributed by atoms with Gasteiger partial charge in [0.15, 0.2) is 0 Å². The highest BCUT2D eigenvalue weighted by molar-refractivity contribution is 5.76. The number of carbonyl (C=O) groups is 1. The second kappa shape index (κ2) is 7.16. The van der Waals surface area contributed by atoms with Crippen LogP contribution in [0.4, 0.5) is 5.69 Å². The summed E-state index contributed by atoms with van der Waals surface area (Å²) in [7, 11) is 0. The van der Waals surface area contributed by atoms with E-state index in [2.05, 4.69) is 15.6 Å². The van der Waals surface area contributed by atoms with Crippen molar-refractivity contribution in [2.75, 3.05) is 11.9 Å². The van der Waals surface area contributed by atoms with E-state index in [0.717, 1.165) is 11.3 Å². The number of hydrogen-bond acceptors (Lipinski definition) is 3. The molecule has 19 heavy (non-hydrogen) atoms. The Morgan fingerprint density at radius 1 is 1.05 bits per heavy atom. The van der Waals surface area contributed by atoms with Crippen LogP contribution in [0.2, 0.25) is 0 Å². The van der Waals surface area contributed by atoms with Crippen molar-refractivity contribution in [1.29, 1.82) is 0 Å². The molecule has 1 heterocycles. The molecular weight excluding hydrogens is 238 g/mol. The zero-order valence-corrected chi connectivity index (χ0v) is 10.7. The first-order valence-electron chi connectivity index (χ1n) is 6.29. The van der Waals surface area contributed by atoms with Crippen LogP contribution in [0.5, 0.6) is 0 Å². The molecule has 0 saturated carbocycles. The molecule has 0 radical (unpaired) electrons. The van der Waals surface area contributed by atoms with Crippen LogP contribution < -0.4 is 10.6 Å². The normalized spacial score (nSPS) is 9.89. The number of aromatic nitrogens is 1. The van der Waals surface area contributed by atoms with Crippen molar-refractivity contribution >= 4 is 11.6 Å². The number of amides is 1. The van der Waals surface area contributed by atoms with Crippen molar-refractivity contribution < 1.29 is 4.79 Å². The fraction of sp³-hybridized carbons (Fsp3) is 0.200. The molecule has 0 aliphatic rings. The van der Waals surface area contributed by atoms with E-state index in [1.54, 1.807) is 12.4 Å². The van der Waals surface area contributed by atoms with Crippen LogP contribution in [0.25, 0.3) is 0 Å². The molecule has 1 aromatic heterocycles. The predicted octanol–water partition coefficient (Wildman–Crippen LogP) is 2.20. The number of hydrogen-bond donors (Lipinski definition) is 2. The van der Waals surface area contributed by atoms with Crippen molar-refractivity contribution in [3.63, 3.8) is 0 Å². The van der Waals surface area contributed by atoms with E-state index in [1.807, 2.05) is 42.5 Å². The summed E-state index contributed by atoms with van der Waals surface area (Å²) in [6, 6.07) is 13.6. The molecule has 2 N–H and O–H groups in total. The first-order valence-corrected chi connectivity index (χ1v) is 6.29. The van der Waals surface area contributed by atoms with Crippen LogP contribution in [-0.4, -0.2) is 17.4 Å². The summed E-state index contributed by atoms with van der Waals surface area (Å²) in [5.74, 6) is 0.0419. The minimum Gasteiger partial charge on any atom is -0.385 e. The molecule has 0 unspecified atom stereocenters. The Labute approximate surface area is 112 Å². The molecule has 98 valence electrons. The Balaban J connectivity index is 1.65. The quantitative estimate of drug-likeness (QED) is 0.832. The van der Waals surface area contributed by atoms with E-state index < -0.39 is 0 Å². The number of anilines is 1. The van der Waals surface area contributed by atoms with E-state index >= 15 is 0 Å². The van der Waals surface area contributed by atoms with Gasteiger partial charge in [-0.3, -0.25) is 9.78 Å². The van der Waals surface area contributed by atoms with Crippen molar-refractivity contribution in [2.24, 2.45) is 0 Å². The second-order valence-corrected chi connectivity index (χ2v) is 4.17. The molecule has 2 aromatic rings. The molecule has 0 aliphatic carbocycles. The van der Waals surface area contributed by atoms with Crippen LogP contribution in [-0.2, 0) is 11.3 Å². The van der Waals surface area contributed by atoms with Gasteiger partial charge >= 0.3 is 0 Å². The molecule has 1 aromatic carbocycles. The van der Waals surface area contributed by atoms with Crippen molar-refractivity contribution in [3.8, 4) is 0 Å². The molecule has 4 heteroatoms. The monoisotopic (exact) mass is 255 g/mol. The Hall–Kier alpha value is -2.36. The zero-order chi connectivity index (χ0) is 13.3. The number of carbonyl (C=O) groups excluding carboxylic acids is 1. The Kier molecular flexibility index (Phi) is 4.93. The van der Waals surface area contributed by atoms with Gasteiger partial charge in [-0.2, -0.15) is 0 Å². The first kappa shape index (κ1) is 13.1. The maximum absolute atomic E-state index is 11.6. The van der Waals surface area contributed by atoms with Crippen LogP contribution in [0, 0.1) is 0 Å². The summed E-state index contributed by atoms with van der Waals surface area (Å²) in [5.41, 5.74) is 2.09. The third kappa shape index (κ3) is 4.79. The lowest BCUT2D eigenvalue weighted by atomic mass is 10.2. The van der Waals surface area contributed by atoms with Crippen LogP contribution >= 0.6 is 0 Å². The molecule has 0 spiro atoms. The van der Waals surface area contributed by atoms with Crippen molar-refractivity contribution in [2.45, 2.75) is 13.0 Å². The van der Waals surface area contributed by atoms with Gasteiger partial charge in [-0.15, -0.1) is 0 Å². The summed E-state index contributed by atoms with van der Waals surface area (Å²) in [6.45, 7) is 1.18. The van der Waals surface area contributed by atoms with Gasteiger partial charge in [0, 0.05) is 37.6 Å². The minimum absolute atomic E-state index is 0.0419. The van der Waals surface area contributed by atoms with Gasteiger partial charge in [-0.25, -0.2) is 0 Å².